The Bertz CT molecular complexity index is 345. The summed E-state index contributed by atoms with van der Waals surface area (Å²) in [6.07, 6.45) is 0. The number of furan rings is 1. The fourth-order valence-electron chi connectivity index (χ4n) is 1.20. The smallest absolute Gasteiger partial charge is 0.287 e. The Morgan fingerprint density at radius 1 is 1.24 bits per heavy atom. The summed E-state index contributed by atoms with van der Waals surface area (Å²) in [6.45, 7) is 14.0. The van der Waals surface area contributed by atoms with Crippen LogP contribution >= 0.6 is 0 Å². The number of hydrogen-bond donors (Lipinski definition) is 1. The first-order valence-corrected chi connectivity index (χ1v) is 6.22. The second-order valence-corrected chi connectivity index (χ2v) is 5.04. The van der Waals surface area contributed by atoms with Crippen LogP contribution in [0.5, 0.6) is 0 Å². The van der Waals surface area contributed by atoms with Gasteiger partial charge in [0, 0.05) is 11.5 Å². The van der Waals surface area contributed by atoms with Crippen molar-refractivity contribution in [3.05, 3.63) is 23.7 Å². The van der Waals surface area contributed by atoms with Gasteiger partial charge in [-0.3, -0.25) is 4.79 Å². The number of rotatable bonds is 2. The van der Waals surface area contributed by atoms with E-state index in [0.717, 1.165) is 5.76 Å². The molecule has 0 aliphatic rings. The van der Waals surface area contributed by atoms with Crippen molar-refractivity contribution in [2.24, 2.45) is 0 Å². The van der Waals surface area contributed by atoms with E-state index in [1.54, 1.807) is 6.07 Å². The van der Waals surface area contributed by atoms with Crippen LogP contribution in [0.4, 0.5) is 0 Å². The van der Waals surface area contributed by atoms with E-state index in [-0.39, 0.29) is 17.4 Å². The minimum Gasteiger partial charge on any atom is -0.455 e. The Morgan fingerprint density at radius 2 is 1.76 bits per heavy atom. The molecule has 0 radical (unpaired) electrons. The molecule has 0 aliphatic heterocycles. The van der Waals surface area contributed by atoms with E-state index >= 15 is 0 Å². The fourth-order valence-corrected chi connectivity index (χ4v) is 1.20. The Balaban J connectivity index is 0.00000121. The van der Waals surface area contributed by atoms with Crippen molar-refractivity contribution in [1.29, 1.82) is 0 Å². The van der Waals surface area contributed by atoms with E-state index in [1.807, 2.05) is 33.8 Å². The molecular formula is C14H25NO2. The second-order valence-electron chi connectivity index (χ2n) is 5.04. The molecule has 1 aromatic heterocycles. The molecule has 1 rings (SSSR count). The summed E-state index contributed by atoms with van der Waals surface area (Å²) in [5, 5.41) is 2.79. The number of nitrogens with one attached hydrogen (secondary N) is 1. The average molecular weight is 239 g/mol. The molecule has 1 heterocycles. The van der Waals surface area contributed by atoms with Gasteiger partial charge in [-0.05, 0) is 26.0 Å². The van der Waals surface area contributed by atoms with Crippen molar-refractivity contribution in [2.45, 2.75) is 59.9 Å². The van der Waals surface area contributed by atoms with Crippen molar-refractivity contribution < 1.29 is 9.21 Å². The van der Waals surface area contributed by atoms with Gasteiger partial charge in [0.2, 0.25) is 0 Å². The molecule has 0 aliphatic carbocycles. The molecule has 0 atom stereocenters. The quantitative estimate of drug-likeness (QED) is 0.854. The Hall–Kier alpha value is -1.25. The summed E-state index contributed by atoms with van der Waals surface area (Å²) in [7, 11) is 0. The lowest BCUT2D eigenvalue weighted by atomic mass is 9.94. The minimum atomic E-state index is -0.152. The topological polar surface area (TPSA) is 42.2 Å². The lowest BCUT2D eigenvalue weighted by molar-refractivity contribution is 0.0912. The van der Waals surface area contributed by atoms with Gasteiger partial charge in [0.1, 0.15) is 5.76 Å². The normalized spacial score (nSPS) is 10.8. The first-order valence-electron chi connectivity index (χ1n) is 6.22. The lowest BCUT2D eigenvalue weighted by Crippen LogP contribution is -2.29. The number of hydrogen-bond acceptors (Lipinski definition) is 2. The molecule has 0 aromatic carbocycles. The van der Waals surface area contributed by atoms with Gasteiger partial charge in [-0.25, -0.2) is 0 Å². The highest BCUT2D eigenvalue weighted by Gasteiger charge is 2.20. The van der Waals surface area contributed by atoms with Gasteiger partial charge in [-0.15, -0.1) is 0 Å². The lowest BCUT2D eigenvalue weighted by Gasteiger charge is -2.14. The zero-order chi connectivity index (χ0) is 13.6. The van der Waals surface area contributed by atoms with Gasteiger partial charge >= 0.3 is 0 Å². The van der Waals surface area contributed by atoms with Crippen LogP contribution in [0.1, 0.15) is 64.8 Å². The van der Waals surface area contributed by atoms with Gasteiger partial charge in [-0.2, -0.15) is 0 Å². The maximum atomic E-state index is 11.6. The molecule has 0 fully saturated rings. The number of amides is 1. The zero-order valence-corrected chi connectivity index (χ0v) is 12.0. The predicted octanol–water partition coefficient (Wildman–Crippen LogP) is 3.74. The fraction of sp³-hybridized carbons (Fsp3) is 0.643. The van der Waals surface area contributed by atoms with Crippen molar-refractivity contribution in [3.63, 3.8) is 0 Å². The van der Waals surface area contributed by atoms with Crippen molar-refractivity contribution in [3.8, 4) is 0 Å². The number of carbonyl (C=O) groups is 1. The summed E-state index contributed by atoms with van der Waals surface area (Å²) in [5.41, 5.74) is -0.0592. The molecule has 0 spiro atoms. The maximum absolute atomic E-state index is 11.6. The highest BCUT2D eigenvalue weighted by atomic mass is 16.4. The highest BCUT2D eigenvalue weighted by molar-refractivity contribution is 5.91. The molecule has 1 amide bonds. The summed E-state index contributed by atoms with van der Waals surface area (Å²) >= 11 is 0. The molecule has 3 heteroatoms. The zero-order valence-electron chi connectivity index (χ0n) is 12.0. The molecule has 98 valence electrons. The van der Waals surface area contributed by atoms with Crippen LogP contribution in [0.2, 0.25) is 0 Å². The van der Waals surface area contributed by atoms with Crippen LogP contribution < -0.4 is 5.32 Å². The predicted molar refractivity (Wildman–Crippen MR) is 71.4 cm³/mol. The number of carbonyl (C=O) groups excluding carboxylic acids is 1. The van der Waals surface area contributed by atoms with Gasteiger partial charge in [-0.1, -0.05) is 34.6 Å². The van der Waals surface area contributed by atoms with Gasteiger partial charge in [0.15, 0.2) is 5.76 Å². The molecule has 3 nitrogen and oxygen atoms in total. The summed E-state index contributed by atoms with van der Waals surface area (Å²) < 4.78 is 5.50. The first kappa shape index (κ1) is 15.8. The van der Waals surface area contributed by atoms with Crippen LogP contribution in [0.3, 0.4) is 0 Å². The summed E-state index contributed by atoms with van der Waals surface area (Å²) in [6, 6.07) is 3.70. The van der Waals surface area contributed by atoms with Crippen molar-refractivity contribution in [1.82, 2.24) is 5.32 Å². The van der Waals surface area contributed by atoms with E-state index in [2.05, 4.69) is 26.1 Å². The Morgan fingerprint density at radius 3 is 2.12 bits per heavy atom. The molecule has 1 N–H and O–H groups in total. The Kier molecular flexibility index (Phi) is 6.00. The standard InChI is InChI=1S/C12H19NO2.C2H6/c1-8(2)13-11(14)9-6-7-10(15-9)12(3,4)5;1-2/h6-8H,1-5H3,(H,13,14);1-2H3. The van der Waals surface area contributed by atoms with Crippen LogP contribution in [0.15, 0.2) is 16.5 Å². The van der Waals surface area contributed by atoms with E-state index in [0.29, 0.717) is 5.76 Å². The third-order valence-electron chi connectivity index (χ3n) is 1.99. The maximum Gasteiger partial charge on any atom is 0.287 e. The third-order valence-corrected chi connectivity index (χ3v) is 1.99. The largest absolute Gasteiger partial charge is 0.455 e. The van der Waals surface area contributed by atoms with E-state index in [4.69, 9.17) is 4.42 Å². The SMILES string of the molecule is CC.CC(C)NC(=O)c1ccc(C(C)(C)C)o1. The van der Waals surface area contributed by atoms with Gasteiger partial charge in [0.05, 0.1) is 0 Å². The van der Waals surface area contributed by atoms with Crippen LogP contribution in [-0.2, 0) is 5.41 Å². The molecule has 0 saturated heterocycles. The summed E-state index contributed by atoms with van der Waals surface area (Å²) in [5.74, 6) is 1.06. The van der Waals surface area contributed by atoms with E-state index in [9.17, 15) is 4.79 Å². The van der Waals surface area contributed by atoms with Crippen LogP contribution in [0.25, 0.3) is 0 Å². The monoisotopic (exact) mass is 239 g/mol. The average Bonchev–Trinajstić information content (AvgIpc) is 2.67. The van der Waals surface area contributed by atoms with Gasteiger partial charge in [0.25, 0.3) is 5.91 Å². The van der Waals surface area contributed by atoms with E-state index in [1.165, 1.54) is 0 Å². The minimum absolute atomic E-state index is 0.0592. The molecule has 0 saturated carbocycles. The molecule has 17 heavy (non-hydrogen) atoms. The molecular weight excluding hydrogens is 214 g/mol. The molecule has 0 unspecified atom stereocenters. The molecule has 0 bridgehead atoms. The van der Waals surface area contributed by atoms with Crippen LogP contribution in [-0.4, -0.2) is 11.9 Å². The molecule has 1 aromatic rings. The first-order chi connectivity index (χ1) is 7.80. The second kappa shape index (κ2) is 6.48. The van der Waals surface area contributed by atoms with Crippen molar-refractivity contribution in [2.75, 3.05) is 0 Å². The Labute approximate surface area is 105 Å². The van der Waals surface area contributed by atoms with E-state index < -0.39 is 0 Å². The van der Waals surface area contributed by atoms with Crippen molar-refractivity contribution >= 4 is 5.91 Å². The summed E-state index contributed by atoms with van der Waals surface area (Å²) in [4.78, 5) is 11.6. The van der Waals surface area contributed by atoms with Gasteiger partial charge < -0.3 is 9.73 Å². The third kappa shape index (κ3) is 5.07. The van der Waals surface area contributed by atoms with Crippen LogP contribution in [0, 0.1) is 0 Å². The highest BCUT2D eigenvalue weighted by Crippen LogP contribution is 2.24.